The molecule has 5 N–H and O–H groups in total. The normalized spacial score (nSPS) is 17.8. The predicted molar refractivity (Wildman–Crippen MR) is 180 cm³/mol. The first-order valence-corrected chi connectivity index (χ1v) is 16.5. The Labute approximate surface area is 283 Å². The highest BCUT2D eigenvalue weighted by Crippen LogP contribution is 2.39. The van der Waals surface area contributed by atoms with E-state index in [-0.39, 0.29) is 37.8 Å². The first-order chi connectivity index (χ1) is 21.8. The number of halogens is 3. The molecule has 3 aromatic rings. The second kappa shape index (κ2) is 15.0. The number of imide groups is 1. The number of hydrogen-bond acceptors (Lipinski definition) is 5. The van der Waals surface area contributed by atoms with E-state index in [0.29, 0.717) is 45.2 Å². The molecule has 0 spiro atoms. The Hall–Kier alpha value is -3.47. The molecule has 46 heavy (non-hydrogen) atoms. The molecule has 0 bridgehead atoms. The number of nitrogens with two attached hydrogens (primary N) is 1. The molecule has 13 heteroatoms. The fourth-order valence-electron chi connectivity index (χ4n) is 5.70. The van der Waals surface area contributed by atoms with Gasteiger partial charge in [-0.1, -0.05) is 87.5 Å². The Morgan fingerprint density at radius 2 is 1.74 bits per heavy atom. The molecule has 4 rings (SSSR count). The number of fused-ring (bicyclic) bond motifs is 3. The number of benzene rings is 2. The average molecular weight is 693 g/mol. The van der Waals surface area contributed by atoms with E-state index in [9.17, 15) is 19.2 Å². The summed E-state index contributed by atoms with van der Waals surface area (Å²) in [7, 11) is 0. The minimum absolute atomic E-state index is 0.0287. The number of amides is 5. The van der Waals surface area contributed by atoms with Crippen LogP contribution in [0.4, 0.5) is 9.59 Å². The molecule has 1 heterocycles. The zero-order valence-corrected chi connectivity index (χ0v) is 28.6. The lowest BCUT2D eigenvalue weighted by molar-refractivity contribution is -0.141. The fraction of sp³-hybridized carbons (Fsp3) is 0.455. The molecule has 5 amide bonds. The standard InChI is InChI=1S/C33H40Cl3N5O5/c1-5-18(3)16-41(31(37)44)30(43)33(12-11-26-24(15-33)23-13-22(35)14-25(36)28(23)38-26)40-29(42)27(19(4)6-2)39-32(45)46-17-20-7-9-21(34)10-8-20/h7-10,13-14,18-19,27,38H,5-6,11-12,15-17H2,1-4H3,(H2,37,44)(H,39,45)(H,40,42). The van der Waals surface area contributed by atoms with Gasteiger partial charge in [-0.2, -0.15) is 0 Å². The van der Waals surface area contributed by atoms with Crippen molar-refractivity contribution in [3.63, 3.8) is 0 Å². The molecule has 1 aliphatic rings. The number of carbonyl (C=O) groups is 4. The van der Waals surface area contributed by atoms with Crippen LogP contribution in [0.15, 0.2) is 36.4 Å². The zero-order valence-electron chi connectivity index (χ0n) is 26.3. The second-order valence-corrected chi connectivity index (χ2v) is 13.4. The van der Waals surface area contributed by atoms with Gasteiger partial charge in [0.25, 0.3) is 5.91 Å². The Bertz CT molecular complexity index is 1610. The number of rotatable bonds is 11. The fourth-order valence-corrected chi connectivity index (χ4v) is 6.37. The van der Waals surface area contributed by atoms with Gasteiger partial charge in [-0.05, 0) is 60.1 Å². The van der Waals surface area contributed by atoms with E-state index < -0.39 is 35.5 Å². The van der Waals surface area contributed by atoms with E-state index in [1.807, 2.05) is 27.7 Å². The Kier molecular flexibility index (Phi) is 11.5. The van der Waals surface area contributed by atoms with Gasteiger partial charge in [-0.15, -0.1) is 0 Å². The van der Waals surface area contributed by atoms with Crippen LogP contribution in [0.1, 0.15) is 63.8 Å². The largest absolute Gasteiger partial charge is 0.445 e. The van der Waals surface area contributed by atoms with E-state index in [2.05, 4.69) is 15.6 Å². The number of urea groups is 1. The van der Waals surface area contributed by atoms with Crippen LogP contribution in [0, 0.1) is 11.8 Å². The highest BCUT2D eigenvalue weighted by molar-refractivity contribution is 6.38. The van der Waals surface area contributed by atoms with Crippen LogP contribution in [0.25, 0.3) is 10.9 Å². The van der Waals surface area contributed by atoms with Crippen LogP contribution in [-0.2, 0) is 33.8 Å². The molecular formula is C33H40Cl3N5O5. The minimum atomic E-state index is -1.56. The summed E-state index contributed by atoms with van der Waals surface area (Å²) in [6, 6.07) is 8.27. The van der Waals surface area contributed by atoms with Crippen LogP contribution >= 0.6 is 34.8 Å². The first-order valence-electron chi connectivity index (χ1n) is 15.4. The molecule has 10 nitrogen and oxygen atoms in total. The van der Waals surface area contributed by atoms with E-state index in [4.69, 9.17) is 45.3 Å². The van der Waals surface area contributed by atoms with Crippen LogP contribution in [0.5, 0.6) is 0 Å². The first kappa shape index (κ1) is 35.4. The third-order valence-electron chi connectivity index (χ3n) is 8.83. The number of nitrogens with one attached hydrogen (secondary N) is 3. The number of ether oxygens (including phenoxy) is 1. The van der Waals surface area contributed by atoms with Crippen molar-refractivity contribution < 1.29 is 23.9 Å². The van der Waals surface area contributed by atoms with E-state index in [0.717, 1.165) is 21.7 Å². The lowest BCUT2D eigenvalue weighted by atomic mass is 9.78. The maximum Gasteiger partial charge on any atom is 0.408 e. The minimum Gasteiger partial charge on any atom is -0.445 e. The molecule has 0 saturated carbocycles. The van der Waals surface area contributed by atoms with E-state index in [1.54, 1.807) is 36.4 Å². The second-order valence-electron chi connectivity index (χ2n) is 12.1. The van der Waals surface area contributed by atoms with Crippen LogP contribution in [0.2, 0.25) is 15.1 Å². The Morgan fingerprint density at radius 1 is 1.04 bits per heavy atom. The number of H-pyrrole nitrogens is 1. The van der Waals surface area contributed by atoms with Gasteiger partial charge in [0.15, 0.2) is 0 Å². The summed E-state index contributed by atoms with van der Waals surface area (Å²) in [6.45, 7) is 7.63. The van der Waals surface area contributed by atoms with Crippen molar-refractivity contribution in [2.45, 2.75) is 78.0 Å². The molecule has 248 valence electrons. The van der Waals surface area contributed by atoms with E-state index >= 15 is 0 Å². The number of aryl methyl sites for hydroxylation is 1. The molecule has 4 unspecified atom stereocenters. The Balaban J connectivity index is 1.68. The van der Waals surface area contributed by atoms with Crippen molar-refractivity contribution in [3.05, 3.63) is 68.3 Å². The van der Waals surface area contributed by atoms with Gasteiger partial charge >= 0.3 is 12.1 Å². The molecule has 2 aromatic carbocycles. The lowest BCUT2D eigenvalue weighted by Gasteiger charge is -2.41. The monoisotopic (exact) mass is 691 g/mol. The molecule has 0 aliphatic heterocycles. The van der Waals surface area contributed by atoms with Crippen molar-refractivity contribution in [2.24, 2.45) is 17.6 Å². The topological polar surface area (TPSA) is 147 Å². The van der Waals surface area contributed by atoms with Crippen molar-refractivity contribution in [2.75, 3.05) is 6.54 Å². The molecule has 1 aliphatic carbocycles. The average Bonchev–Trinajstić information content (AvgIpc) is 3.38. The molecule has 1 aromatic heterocycles. The summed E-state index contributed by atoms with van der Waals surface area (Å²) in [5.74, 6) is -1.56. The maximum absolute atomic E-state index is 14.4. The van der Waals surface area contributed by atoms with Gasteiger partial charge in [-0.3, -0.25) is 14.5 Å². The van der Waals surface area contributed by atoms with Gasteiger partial charge in [0.2, 0.25) is 5.91 Å². The van der Waals surface area contributed by atoms with Crippen LogP contribution < -0.4 is 16.4 Å². The molecule has 0 radical (unpaired) electrons. The summed E-state index contributed by atoms with van der Waals surface area (Å²) in [5, 5.41) is 7.78. The summed E-state index contributed by atoms with van der Waals surface area (Å²) >= 11 is 18.8. The summed E-state index contributed by atoms with van der Waals surface area (Å²) in [5.41, 5.74) is 7.19. The van der Waals surface area contributed by atoms with Crippen molar-refractivity contribution in [1.82, 2.24) is 20.5 Å². The van der Waals surface area contributed by atoms with Crippen molar-refractivity contribution >= 4 is 69.6 Å². The number of primary amides is 1. The van der Waals surface area contributed by atoms with Gasteiger partial charge in [0.1, 0.15) is 18.2 Å². The quantitative estimate of drug-likeness (QED) is 0.175. The third kappa shape index (κ3) is 7.90. The van der Waals surface area contributed by atoms with Gasteiger partial charge in [-0.25, -0.2) is 9.59 Å². The van der Waals surface area contributed by atoms with Crippen LogP contribution in [0.3, 0.4) is 0 Å². The number of hydrogen-bond donors (Lipinski definition) is 4. The summed E-state index contributed by atoms with van der Waals surface area (Å²) in [4.78, 5) is 58.5. The zero-order chi connectivity index (χ0) is 33.8. The molecule has 0 fully saturated rings. The SMILES string of the molecule is CCC(C)CN(C(N)=O)C(=O)C1(NC(=O)C(NC(=O)OCc2ccc(Cl)cc2)C(C)CC)CCc2[nH]c3c(Cl)cc(Cl)cc3c2C1. The Morgan fingerprint density at radius 3 is 2.37 bits per heavy atom. The molecule has 4 atom stereocenters. The van der Waals surface area contributed by atoms with Gasteiger partial charge < -0.3 is 26.1 Å². The number of alkyl carbamates (subject to hydrolysis) is 1. The highest BCUT2D eigenvalue weighted by Gasteiger charge is 2.48. The number of aromatic nitrogens is 1. The summed E-state index contributed by atoms with van der Waals surface area (Å²) < 4.78 is 5.40. The predicted octanol–water partition coefficient (Wildman–Crippen LogP) is 6.77. The highest BCUT2D eigenvalue weighted by atomic mass is 35.5. The van der Waals surface area contributed by atoms with Gasteiger partial charge in [0.05, 0.1) is 10.5 Å². The number of aromatic amines is 1. The smallest absolute Gasteiger partial charge is 0.408 e. The third-order valence-corrected chi connectivity index (χ3v) is 9.60. The van der Waals surface area contributed by atoms with Gasteiger partial charge in [0, 0.05) is 34.1 Å². The van der Waals surface area contributed by atoms with Crippen molar-refractivity contribution in [3.8, 4) is 0 Å². The van der Waals surface area contributed by atoms with Crippen molar-refractivity contribution in [1.29, 1.82) is 0 Å². The lowest BCUT2D eigenvalue weighted by Crippen LogP contribution is -2.66. The molecular weight excluding hydrogens is 653 g/mol. The molecule has 0 saturated heterocycles. The number of nitrogens with zero attached hydrogens (tertiary/aromatic N) is 1. The maximum atomic E-state index is 14.4. The van der Waals surface area contributed by atoms with Crippen LogP contribution in [-0.4, -0.2) is 51.9 Å². The number of carbonyl (C=O) groups excluding carboxylic acids is 4. The summed E-state index contributed by atoms with van der Waals surface area (Å²) in [6.07, 6.45) is 1.03. The van der Waals surface area contributed by atoms with E-state index in [1.165, 1.54) is 0 Å².